The summed E-state index contributed by atoms with van der Waals surface area (Å²) in [5.41, 5.74) is 0.858. The summed E-state index contributed by atoms with van der Waals surface area (Å²) in [5, 5.41) is 0. The van der Waals surface area contributed by atoms with Crippen molar-refractivity contribution in [1.82, 2.24) is 3.97 Å². The standard InChI is InChI=1S/C20H19FNO4S/c1-15-12-20(18-8-3-4-9-19(18)21)22(14-15)27(23,24)17-7-5-6-16(13-17)26-11-10-25-2/h3-9,12-14H,1,10-11H2,2H3. The van der Waals surface area contributed by atoms with E-state index in [9.17, 15) is 12.8 Å². The van der Waals surface area contributed by atoms with E-state index < -0.39 is 15.8 Å². The van der Waals surface area contributed by atoms with Crippen molar-refractivity contribution in [3.05, 3.63) is 79.1 Å². The molecule has 5 nitrogen and oxygen atoms in total. The lowest BCUT2D eigenvalue weighted by Crippen LogP contribution is -2.14. The molecule has 141 valence electrons. The smallest absolute Gasteiger partial charge is 0.268 e. The maximum Gasteiger partial charge on any atom is 0.268 e. The van der Waals surface area contributed by atoms with E-state index in [1.807, 2.05) is 0 Å². The maximum absolute atomic E-state index is 14.2. The fraction of sp³-hybridized carbons (Fsp3) is 0.150. The number of benzene rings is 2. The Morgan fingerprint density at radius 3 is 2.59 bits per heavy atom. The molecule has 1 aromatic heterocycles. The summed E-state index contributed by atoms with van der Waals surface area (Å²) >= 11 is 0. The minimum absolute atomic E-state index is 0.0330. The van der Waals surface area contributed by atoms with Gasteiger partial charge in [0.2, 0.25) is 0 Å². The number of rotatable bonds is 7. The Morgan fingerprint density at radius 1 is 1.07 bits per heavy atom. The Morgan fingerprint density at radius 2 is 1.85 bits per heavy atom. The fourth-order valence-corrected chi connectivity index (χ4v) is 4.07. The third-order valence-corrected chi connectivity index (χ3v) is 5.58. The molecule has 0 unspecified atom stereocenters. The number of hydrogen-bond acceptors (Lipinski definition) is 4. The first-order valence-corrected chi connectivity index (χ1v) is 9.64. The van der Waals surface area contributed by atoms with Gasteiger partial charge < -0.3 is 9.47 Å². The number of methoxy groups -OCH3 is 1. The van der Waals surface area contributed by atoms with Crippen LogP contribution in [0.5, 0.6) is 5.75 Å². The van der Waals surface area contributed by atoms with Gasteiger partial charge >= 0.3 is 0 Å². The largest absolute Gasteiger partial charge is 0.491 e. The predicted molar refractivity (Wildman–Crippen MR) is 101 cm³/mol. The minimum Gasteiger partial charge on any atom is -0.491 e. The van der Waals surface area contributed by atoms with E-state index in [0.717, 1.165) is 3.97 Å². The molecule has 0 saturated carbocycles. The van der Waals surface area contributed by atoms with E-state index in [1.165, 1.54) is 36.5 Å². The van der Waals surface area contributed by atoms with Gasteiger partial charge in [0, 0.05) is 24.9 Å². The number of hydrogen-bond donors (Lipinski definition) is 0. The topological polar surface area (TPSA) is 57.5 Å². The molecule has 0 amide bonds. The van der Waals surface area contributed by atoms with Crippen molar-refractivity contribution in [2.45, 2.75) is 4.90 Å². The van der Waals surface area contributed by atoms with Crippen molar-refractivity contribution in [1.29, 1.82) is 0 Å². The molecule has 0 saturated heterocycles. The second-order valence-corrected chi connectivity index (χ2v) is 7.65. The average Bonchev–Trinajstić information content (AvgIpc) is 3.05. The maximum atomic E-state index is 14.2. The van der Waals surface area contributed by atoms with Crippen molar-refractivity contribution in [3.63, 3.8) is 0 Å². The zero-order valence-corrected chi connectivity index (χ0v) is 15.6. The van der Waals surface area contributed by atoms with Gasteiger partial charge in [-0.25, -0.2) is 16.8 Å². The molecule has 0 fully saturated rings. The molecule has 0 aliphatic carbocycles. The van der Waals surface area contributed by atoms with Crippen LogP contribution in [-0.4, -0.2) is 32.7 Å². The number of ether oxygens (including phenoxy) is 2. The third-order valence-electron chi connectivity index (χ3n) is 3.91. The SMILES string of the molecule is [CH2]c1cc(-c2ccccc2F)n(S(=O)(=O)c2cccc(OCCOC)c2)c1. The molecule has 0 N–H and O–H groups in total. The molecule has 0 spiro atoms. The normalized spacial score (nSPS) is 11.5. The van der Waals surface area contributed by atoms with Gasteiger partial charge in [-0.2, -0.15) is 0 Å². The Labute approximate surface area is 158 Å². The van der Waals surface area contributed by atoms with Gasteiger partial charge in [0.1, 0.15) is 18.2 Å². The summed E-state index contributed by atoms with van der Waals surface area (Å²) in [6.45, 7) is 4.47. The molecule has 1 radical (unpaired) electrons. The van der Waals surface area contributed by atoms with E-state index in [2.05, 4.69) is 6.92 Å². The molecule has 3 aromatic rings. The first-order valence-electron chi connectivity index (χ1n) is 8.20. The highest BCUT2D eigenvalue weighted by molar-refractivity contribution is 7.90. The van der Waals surface area contributed by atoms with Crippen LogP contribution in [-0.2, 0) is 14.8 Å². The summed E-state index contributed by atoms with van der Waals surface area (Å²) in [6.07, 6.45) is 1.37. The molecule has 27 heavy (non-hydrogen) atoms. The average molecular weight is 388 g/mol. The van der Waals surface area contributed by atoms with Gasteiger partial charge in [0.25, 0.3) is 10.0 Å². The Balaban J connectivity index is 2.04. The molecule has 3 rings (SSSR count). The number of aromatic nitrogens is 1. The molecule has 2 aromatic carbocycles. The molecule has 1 heterocycles. The van der Waals surface area contributed by atoms with Gasteiger partial charge in [-0.1, -0.05) is 18.2 Å². The van der Waals surface area contributed by atoms with Gasteiger partial charge in [0.15, 0.2) is 0 Å². The van der Waals surface area contributed by atoms with E-state index in [0.29, 0.717) is 24.5 Å². The zero-order valence-electron chi connectivity index (χ0n) is 14.8. The first-order chi connectivity index (χ1) is 12.9. The summed E-state index contributed by atoms with van der Waals surface area (Å²) in [4.78, 5) is 0.0330. The summed E-state index contributed by atoms with van der Waals surface area (Å²) in [5.74, 6) is -0.105. The number of nitrogens with zero attached hydrogens (tertiary/aromatic N) is 1. The van der Waals surface area contributed by atoms with Crippen molar-refractivity contribution in [3.8, 4) is 17.0 Å². The lowest BCUT2D eigenvalue weighted by Gasteiger charge is -2.12. The van der Waals surface area contributed by atoms with E-state index in [1.54, 1.807) is 31.4 Å². The van der Waals surface area contributed by atoms with Crippen molar-refractivity contribution < 1.29 is 22.3 Å². The first kappa shape index (κ1) is 19.1. The molecule has 0 atom stereocenters. The van der Waals surface area contributed by atoms with Crippen molar-refractivity contribution >= 4 is 10.0 Å². The lowest BCUT2D eigenvalue weighted by atomic mass is 10.1. The van der Waals surface area contributed by atoms with Gasteiger partial charge in [-0.15, -0.1) is 0 Å². The van der Waals surface area contributed by atoms with Crippen LogP contribution >= 0.6 is 0 Å². The quantitative estimate of drug-likeness (QED) is 0.579. The van der Waals surface area contributed by atoms with Gasteiger partial charge in [0.05, 0.1) is 17.2 Å². The third kappa shape index (κ3) is 4.04. The zero-order chi connectivity index (χ0) is 19.4. The van der Waals surface area contributed by atoms with E-state index in [-0.39, 0.29) is 16.2 Å². The van der Waals surface area contributed by atoms with Crippen LogP contribution in [0.15, 0.2) is 65.7 Å². The summed E-state index contributed by atoms with van der Waals surface area (Å²) < 4.78 is 52.0. The summed E-state index contributed by atoms with van der Waals surface area (Å²) in [7, 11) is -2.42. The van der Waals surface area contributed by atoms with Crippen LogP contribution in [0, 0.1) is 12.7 Å². The summed E-state index contributed by atoms with van der Waals surface area (Å²) in [6, 6.07) is 13.7. The van der Waals surface area contributed by atoms with Crippen LogP contribution in [0.25, 0.3) is 11.3 Å². The fourth-order valence-electron chi connectivity index (χ4n) is 2.64. The molecule has 0 bridgehead atoms. The highest BCUT2D eigenvalue weighted by Crippen LogP contribution is 2.29. The molecule has 0 aliphatic rings. The Hall–Kier alpha value is -2.64. The van der Waals surface area contributed by atoms with E-state index >= 15 is 0 Å². The minimum atomic E-state index is -3.97. The van der Waals surface area contributed by atoms with Gasteiger partial charge in [-0.3, -0.25) is 0 Å². The van der Waals surface area contributed by atoms with Crippen LogP contribution in [0.1, 0.15) is 5.56 Å². The molecular weight excluding hydrogens is 369 g/mol. The van der Waals surface area contributed by atoms with Crippen molar-refractivity contribution in [2.24, 2.45) is 0 Å². The number of halogens is 1. The van der Waals surface area contributed by atoms with Crippen LogP contribution in [0.4, 0.5) is 4.39 Å². The lowest BCUT2D eigenvalue weighted by molar-refractivity contribution is 0.146. The second-order valence-electron chi connectivity index (χ2n) is 5.83. The predicted octanol–water partition coefficient (Wildman–Crippen LogP) is 3.74. The Kier molecular flexibility index (Phi) is 5.62. The molecular formula is C20H19FNO4S. The van der Waals surface area contributed by atoms with Crippen LogP contribution in [0.3, 0.4) is 0 Å². The van der Waals surface area contributed by atoms with E-state index in [4.69, 9.17) is 9.47 Å². The highest BCUT2D eigenvalue weighted by atomic mass is 32.2. The Bertz CT molecular complexity index is 1040. The van der Waals surface area contributed by atoms with Gasteiger partial charge in [-0.05, 0) is 42.8 Å². The molecule has 7 heteroatoms. The monoisotopic (exact) mass is 388 g/mol. The second kappa shape index (κ2) is 7.94. The molecule has 0 aliphatic heterocycles. The van der Waals surface area contributed by atoms with Crippen LogP contribution in [0.2, 0.25) is 0 Å². The highest BCUT2D eigenvalue weighted by Gasteiger charge is 2.23. The van der Waals surface area contributed by atoms with Crippen molar-refractivity contribution in [2.75, 3.05) is 20.3 Å². The van der Waals surface area contributed by atoms with Crippen LogP contribution < -0.4 is 4.74 Å².